The Labute approximate surface area is 201 Å². The Morgan fingerprint density at radius 2 is 1.36 bits per heavy atom. The largest absolute Gasteiger partial charge is 0.354 e. The molecule has 1 N–H and O–H groups in total. The van der Waals surface area contributed by atoms with E-state index in [1.54, 1.807) is 4.90 Å². The van der Waals surface area contributed by atoms with Crippen LogP contribution in [0.1, 0.15) is 25.0 Å². The quantitative estimate of drug-likeness (QED) is 0.401. The van der Waals surface area contributed by atoms with Gasteiger partial charge in [-0.15, -0.1) is 11.8 Å². The summed E-state index contributed by atoms with van der Waals surface area (Å²) in [5.74, 6) is 0.452. The van der Waals surface area contributed by atoms with Crippen molar-refractivity contribution in [1.29, 1.82) is 0 Å². The van der Waals surface area contributed by atoms with Crippen LogP contribution in [0.2, 0.25) is 0 Å². The van der Waals surface area contributed by atoms with Gasteiger partial charge >= 0.3 is 0 Å². The van der Waals surface area contributed by atoms with E-state index in [1.165, 1.54) is 11.8 Å². The molecule has 0 fully saturated rings. The molecule has 0 aliphatic heterocycles. The number of carbonyl (C=O) groups is 2. The van der Waals surface area contributed by atoms with E-state index in [-0.39, 0.29) is 17.6 Å². The first kappa shape index (κ1) is 24.6. The minimum absolute atomic E-state index is 0.0478. The lowest BCUT2D eigenvalue weighted by atomic mass is 10.0. The van der Waals surface area contributed by atoms with Crippen molar-refractivity contribution in [3.63, 3.8) is 0 Å². The van der Waals surface area contributed by atoms with Crippen LogP contribution in [-0.2, 0) is 22.6 Å². The fourth-order valence-corrected chi connectivity index (χ4v) is 4.31. The molecule has 0 unspecified atom stereocenters. The van der Waals surface area contributed by atoms with Crippen molar-refractivity contribution in [3.8, 4) is 0 Å². The van der Waals surface area contributed by atoms with Crippen molar-refractivity contribution in [2.75, 3.05) is 12.3 Å². The Morgan fingerprint density at radius 3 is 1.94 bits per heavy atom. The Bertz CT molecular complexity index is 994. The zero-order chi connectivity index (χ0) is 23.5. The first-order valence-electron chi connectivity index (χ1n) is 11.4. The standard InChI is InChI=1S/C28H32N2O2S/c1-22(2)19-29-28(32)26(18-23-12-6-3-7-13-23)30(20-24-14-8-4-9-15-24)27(31)21-33-25-16-10-5-11-17-25/h3-17,22,26H,18-21H2,1-2H3,(H,29,32)/t26-/m0/s1. The van der Waals surface area contributed by atoms with Crippen LogP contribution in [0.3, 0.4) is 0 Å². The van der Waals surface area contributed by atoms with E-state index in [2.05, 4.69) is 19.2 Å². The summed E-state index contributed by atoms with van der Waals surface area (Å²) in [4.78, 5) is 29.7. The fraction of sp³-hybridized carbons (Fsp3) is 0.286. The monoisotopic (exact) mass is 460 g/mol. The fourth-order valence-electron chi connectivity index (χ4n) is 3.50. The van der Waals surface area contributed by atoms with Gasteiger partial charge in [-0.2, -0.15) is 0 Å². The molecule has 2 amide bonds. The molecule has 0 radical (unpaired) electrons. The third-order valence-electron chi connectivity index (χ3n) is 5.26. The van der Waals surface area contributed by atoms with Gasteiger partial charge in [-0.25, -0.2) is 0 Å². The molecule has 33 heavy (non-hydrogen) atoms. The van der Waals surface area contributed by atoms with Gasteiger partial charge < -0.3 is 10.2 Å². The van der Waals surface area contributed by atoms with E-state index in [1.807, 2.05) is 91.0 Å². The molecular weight excluding hydrogens is 428 g/mol. The molecule has 0 aliphatic rings. The van der Waals surface area contributed by atoms with Crippen molar-refractivity contribution in [2.24, 2.45) is 5.92 Å². The van der Waals surface area contributed by atoms with Gasteiger partial charge in [0.05, 0.1) is 5.75 Å². The predicted octanol–water partition coefficient (Wildman–Crippen LogP) is 5.19. The number of carbonyl (C=O) groups excluding carboxylic acids is 2. The molecule has 3 rings (SSSR count). The number of nitrogens with zero attached hydrogens (tertiary/aromatic N) is 1. The highest BCUT2D eigenvalue weighted by Crippen LogP contribution is 2.21. The summed E-state index contributed by atoms with van der Waals surface area (Å²) < 4.78 is 0. The van der Waals surface area contributed by atoms with Crippen LogP contribution in [0.5, 0.6) is 0 Å². The van der Waals surface area contributed by atoms with Gasteiger partial charge in [0.15, 0.2) is 0 Å². The lowest BCUT2D eigenvalue weighted by Crippen LogP contribution is -2.51. The number of benzene rings is 3. The molecule has 0 bridgehead atoms. The molecule has 172 valence electrons. The van der Waals surface area contributed by atoms with Crippen LogP contribution >= 0.6 is 11.8 Å². The molecule has 5 heteroatoms. The zero-order valence-electron chi connectivity index (χ0n) is 19.3. The van der Waals surface area contributed by atoms with Gasteiger partial charge in [-0.1, -0.05) is 92.7 Å². The molecule has 3 aromatic rings. The molecule has 0 heterocycles. The van der Waals surface area contributed by atoms with Gasteiger partial charge in [-0.05, 0) is 29.2 Å². The van der Waals surface area contributed by atoms with Crippen molar-refractivity contribution in [2.45, 2.75) is 37.8 Å². The smallest absolute Gasteiger partial charge is 0.243 e. The number of rotatable bonds is 11. The molecule has 3 aromatic carbocycles. The van der Waals surface area contributed by atoms with E-state index in [4.69, 9.17) is 0 Å². The molecule has 0 aromatic heterocycles. The minimum atomic E-state index is -0.588. The summed E-state index contributed by atoms with van der Waals surface area (Å²) >= 11 is 1.50. The summed E-state index contributed by atoms with van der Waals surface area (Å²) in [6, 6.07) is 29.1. The lowest BCUT2D eigenvalue weighted by molar-refractivity contribution is -0.139. The Morgan fingerprint density at radius 1 is 0.818 bits per heavy atom. The van der Waals surface area contributed by atoms with Crippen molar-refractivity contribution in [1.82, 2.24) is 10.2 Å². The topological polar surface area (TPSA) is 49.4 Å². The number of thioether (sulfide) groups is 1. The molecule has 1 atom stereocenters. The highest BCUT2D eigenvalue weighted by Gasteiger charge is 2.30. The lowest BCUT2D eigenvalue weighted by Gasteiger charge is -2.31. The Hall–Kier alpha value is -3.05. The maximum atomic E-state index is 13.5. The Kier molecular flexibility index (Phi) is 9.58. The average molecular weight is 461 g/mol. The summed E-state index contributed by atoms with van der Waals surface area (Å²) in [7, 11) is 0. The minimum Gasteiger partial charge on any atom is -0.354 e. The van der Waals surface area contributed by atoms with E-state index in [0.717, 1.165) is 16.0 Å². The van der Waals surface area contributed by atoms with Gasteiger partial charge in [0, 0.05) is 24.4 Å². The molecule has 0 saturated carbocycles. The first-order valence-corrected chi connectivity index (χ1v) is 12.3. The predicted molar refractivity (Wildman–Crippen MR) is 136 cm³/mol. The van der Waals surface area contributed by atoms with E-state index in [0.29, 0.717) is 25.4 Å². The summed E-state index contributed by atoms with van der Waals surface area (Å²) in [5.41, 5.74) is 2.04. The summed E-state index contributed by atoms with van der Waals surface area (Å²) in [6.07, 6.45) is 0.472. The summed E-state index contributed by atoms with van der Waals surface area (Å²) in [6.45, 7) is 5.10. The van der Waals surface area contributed by atoms with E-state index >= 15 is 0 Å². The number of hydrogen-bond donors (Lipinski definition) is 1. The van der Waals surface area contributed by atoms with Crippen LogP contribution in [0, 0.1) is 5.92 Å². The van der Waals surface area contributed by atoms with Gasteiger partial charge in [0.1, 0.15) is 6.04 Å². The second-order valence-electron chi connectivity index (χ2n) is 8.45. The van der Waals surface area contributed by atoms with Crippen molar-refractivity contribution >= 4 is 23.6 Å². The SMILES string of the molecule is CC(C)CNC(=O)[C@H](Cc1ccccc1)N(Cc1ccccc1)C(=O)CSc1ccccc1. The molecule has 4 nitrogen and oxygen atoms in total. The Balaban J connectivity index is 1.86. The van der Waals surface area contributed by atoms with Crippen molar-refractivity contribution < 1.29 is 9.59 Å². The second-order valence-corrected chi connectivity index (χ2v) is 9.50. The first-order chi connectivity index (χ1) is 16.0. The van der Waals surface area contributed by atoms with Crippen LogP contribution in [0.25, 0.3) is 0 Å². The zero-order valence-corrected chi connectivity index (χ0v) is 20.1. The summed E-state index contributed by atoms with van der Waals surface area (Å²) in [5, 5.41) is 3.06. The average Bonchev–Trinajstić information content (AvgIpc) is 2.85. The van der Waals surface area contributed by atoms with Gasteiger partial charge in [0.2, 0.25) is 11.8 Å². The molecule has 0 spiro atoms. The number of amides is 2. The normalized spacial score (nSPS) is 11.7. The number of hydrogen-bond acceptors (Lipinski definition) is 3. The molecule has 0 saturated heterocycles. The van der Waals surface area contributed by atoms with Crippen LogP contribution in [0.15, 0.2) is 95.9 Å². The third-order valence-corrected chi connectivity index (χ3v) is 6.25. The maximum Gasteiger partial charge on any atom is 0.243 e. The van der Waals surface area contributed by atoms with E-state index < -0.39 is 6.04 Å². The number of nitrogens with one attached hydrogen (secondary N) is 1. The van der Waals surface area contributed by atoms with Gasteiger partial charge in [0.25, 0.3) is 0 Å². The molecular formula is C28H32N2O2S. The second kappa shape index (κ2) is 12.9. The van der Waals surface area contributed by atoms with Crippen LogP contribution < -0.4 is 5.32 Å². The maximum absolute atomic E-state index is 13.5. The van der Waals surface area contributed by atoms with Crippen LogP contribution in [0.4, 0.5) is 0 Å². The van der Waals surface area contributed by atoms with E-state index in [9.17, 15) is 9.59 Å². The highest BCUT2D eigenvalue weighted by molar-refractivity contribution is 8.00. The van der Waals surface area contributed by atoms with Gasteiger partial charge in [-0.3, -0.25) is 9.59 Å². The van der Waals surface area contributed by atoms with Crippen LogP contribution in [-0.4, -0.2) is 35.1 Å². The molecule has 0 aliphatic carbocycles. The highest BCUT2D eigenvalue weighted by atomic mass is 32.2. The van der Waals surface area contributed by atoms with Crippen molar-refractivity contribution in [3.05, 3.63) is 102 Å². The third kappa shape index (κ3) is 8.10.